The van der Waals surface area contributed by atoms with Gasteiger partial charge in [0, 0.05) is 6.04 Å². The van der Waals surface area contributed by atoms with Crippen LogP contribution in [0.2, 0.25) is 0 Å². The van der Waals surface area contributed by atoms with Crippen molar-refractivity contribution in [2.24, 2.45) is 0 Å². The van der Waals surface area contributed by atoms with Crippen LogP contribution >= 0.6 is 0 Å². The second kappa shape index (κ2) is 8.31. The first-order valence-electron chi connectivity index (χ1n) is 7.91. The van der Waals surface area contributed by atoms with Gasteiger partial charge in [-0.2, -0.15) is 0 Å². The lowest BCUT2D eigenvalue weighted by Crippen LogP contribution is -2.41. The van der Waals surface area contributed by atoms with Crippen molar-refractivity contribution in [2.45, 2.75) is 44.6 Å². The molecule has 0 heterocycles. The normalized spacial score (nSPS) is 15.3. The number of carbonyl (C=O) groups excluding carboxylic acids is 3. The molecular weight excluding hydrogens is 296 g/mol. The van der Waals surface area contributed by atoms with Crippen LogP contribution in [0, 0.1) is 0 Å². The minimum Gasteiger partial charge on any atom is -0.465 e. The Bertz CT molecular complexity index is 578. The molecule has 0 radical (unpaired) electrons. The Labute approximate surface area is 135 Å². The van der Waals surface area contributed by atoms with Crippen molar-refractivity contribution in [1.82, 2.24) is 5.32 Å². The average Bonchev–Trinajstić information content (AvgIpc) is 2.83. The molecule has 1 saturated carbocycles. The number of benzene rings is 1. The molecule has 2 N–H and O–H groups in total. The van der Waals surface area contributed by atoms with Crippen LogP contribution in [0.15, 0.2) is 24.3 Å². The van der Waals surface area contributed by atoms with Gasteiger partial charge in [0.25, 0.3) is 0 Å². The Balaban J connectivity index is 1.98. The number of nitrogens with one attached hydrogen (secondary N) is 2. The number of ether oxygens (including phenoxy) is 1. The highest BCUT2D eigenvalue weighted by atomic mass is 16.5. The zero-order valence-electron chi connectivity index (χ0n) is 13.3. The number of hydrogen-bond donors (Lipinski definition) is 2. The second-order valence-corrected chi connectivity index (χ2v) is 5.65. The minimum absolute atomic E-state index is 0.0478. The number of carbonyl (C=O) groups is 3. The smallest absolute Gasteiger partial charge is 0.339 e. The van der Waals surface area contributed by atoms with Gasteiger partial charge in [0.1, 0.15) is 0 Å². The molecule has 0 saturated heterocycles. The lowest BCUT2D eigenvalue weighted by Gasteiger charge is -2.16. The highest BCUT2D eigenvalue weighted by molar-refractivity contribution is 6.40. The summed E-state index contributed by atoms with van der Waals surface area (Å²) in [7, 11) is 1.26. The van der Waals surface area contributed by atoms with Gasteiger partial charge in [0.15, 0.2) is 0 Å². The van der Waals surface area contributed by atoms with Crippen molar-refractivity contribution in [3.8, 4) is 0 Å². The SMILES string of the molecule is COC(=O)c1ccccc1NC(=O)C(=O)NC1CCCCCC1. The molecule has 1 aliphatic rings. The van der Waals surface area contributed by atoms with Gasteiger partial charge in [0.05, 0.1) is 18.4 Å². The third kappa shape index (κ3) is 4.81. The summed E-state index contributed by atoms with van der Waals surface area (Å²) in [6.45, 7) is 0. The van der Waals surface area contributed by atoms with Gasteiger partial charge in [-0.1, -0.05) is 37.8 Å². The highest BCUT2D eigenvalue weighted by Crippen LogP contribution is 2.18. The molecule has 1 aliphatic carbocycles. The Morgan fingerprint density at radius 2 is 1.65 bits per heavy atom. The third-order valence-electron chi connectivity index (χ3n) is 3.98. The molecule has 6 heteroatoms. The fourth-order valence-electron chi connectivity index (χ4n) is 2.73. The monoisotopic (exact) mass is 318 g/mol. The Hall–Kier alpha value is -2.37. The molecule has 0 aliphatic heterocycles. The van der Waals surface area contributed by atoms with Gasteiger partial charge < -0.3 is 15.4 Å². The van der Waals surface area contributed by atoms with Crippen LogP contribution in [0.1, 0.15) is 48.9 Å². The molecule has 0 atom stereocenters. The highest BCUT2D eigenvalue weighted by Gasteiger charge is 2.21. The van der Waals surface area contributed by atoms with Crippen molar-refractivity contribution in [3.63, 3.8) is 0 Å². The summed E-state index contributed by atoms with van der Waals surface area (Å²) in [5, 5.41) is 5.25. The summed E-state index contributed by atoms with van der Waals surface area (Å²) in [5.41, 5.74) is 0.478. The molecular formula is C17H22N2O4. The molecule has 0 bridgehead atoms. The summed E-state index contributed by atoms with van der Waals surface area (Å²) in [6.07, 6.45) is 6.28. The third-order valence-corrected chi connectivity index (χ3v) is 3.98. The summed E-state index contributed by atoms with van der Waals surface area (Å²) in [5.74, 6) is -2.01. The molecule has 0 aromatic heterocycles. The second-order valence-electron chi connectivity index (χ2n) is 5.65. The molecule has 1 fully saturated rings. The first-order valence-corrected chi connectivity index (χ1v) is 7.91. The van der Waals surface area contributed by atoms with E-state index in [1.807, 2.05) is 0 Å². The number of amides is 2. The van der Waals surface area contributed by atoms with E-state index >= 15 is 0 Å². The largest absolute Gasteiger partial charge is 0.465 e. The molecule has 1 aromatic carbocycles. The van der Waals surface area contributed by atoms with Crippen molar-refractivity contribution in [2.75, 3.05) is 12.4 Å². The van der Waals surface area contributed by atoms with E-state index in [2.05, 4.69) is 15.4 Å². The molecule has 2 rings (SSSR count). The van der Waals surface area contributed by atoms with E-state index in [1.54, 1.807) is 18.2 Å². The lowest BCUT2D eigenvalue weighted by atomic mass is 10.1. The summed E-state index contributed by atoms with van der Waals surface area (Å²) in [6, 6.07) is 6.47. The van der Waals surface area contributed by atoms with Crippen LogP contribution in [0.5, 0.6) is 0 Å². The zero-order valence-corrected chi connectivity index (χ0v) is 13.3. The number of para-hydroxylation sites is 1. The predicted octanol–water partition coefficient (Wildman–Crippen LogP) is 2.25. The van der Waals surface area contributed by atoms with Gasteiger partial charge in [-0.05, 0) is 25.0 Å². The Kier molecular flexibility index (Phi) is 6.14. The van der Waals surface area contributed by atoms with Crippen molar-refractivity contribution in [3.05, 3.63) is 29.8 Å². The molecule has 2 amide bonds. The van der Waals surface area contributed by atoms with Gasteiger partial charge in [-0.3, -0.25) is 9.59 Å². The van der Waals surface area contributed by atoms with Gasteiger partial charge in [-0.15, -0.1) is 0 Å². The topological polar surface area (TPSA) is 84.5 Å². The number of anilines is 1. The average molecular weight is 318 g/mol. The maximum Gasteiger partial charge on any atom is 0.339 e. The molecule has 0 spiro atoms. The van der Waals surface area contributed by atoms with E-state index in [9.17, 15) is 14.4 Å². The first-order chi connectivity index (χ1) is 11.1. The minimum atomic E-state index is -0.773. The molecule has 1 aromatic rings. The predicted molar refractivity (Wildman–Crippen MR) is 86.0 cm³/mol. The number of esters is 1. The van der Waals surface area contributed by atoms with Gasteiger partial charge in [0.2, 0.25) is 0 Å². The Morgan fingerprint density at radius 3 is 2.30 bits per heavy atom. The zero-order chi connectivity index (χ0) is 16.7. The van der Waals surface area contributed by atoms with Gasteiger partial charge >= 0.3 is 17.8 Å². The van der Waals surface area contributed by atoms with E-state index < -0.39 is 17.8 Å². The molecule has 23 heavy (non-hydrogen) atoms. The maximum atomic E-state index is 12.1. The van der Waals surface area contributed by atoms with Crippen LogP contribution in [0.3, 0.4) is 0 Å². The fraction of sp³-hybridized carbons (Fsp3) is 0.471. The van der Waals surface area contributed by atoms with Crippen molar-refractivity contribution >= 4 is 23.5 Å². The van der Waals surface area contributed by atoms with Crippen molar-refractivity contribution < 1.29 is 19.1 Å². The maximum absolute atomic E-state index is 12.1. The Morgan fingerprint density at radius 1 is 1.00 bits per heavy atom. The molecule has 124 valence electrons. The quantitative estimate of drug-likeness (QED) is 0.508. The standard InChI is InChI=1S/C17H22N2O4/c1-23-17(22)13-10-6-7-11-14(13)19-16(21)15(20)18-12-8-4-2-3-5-9-12/h6-7,10-12H,2-5,8-9H2,1H3,(H,18,20)(H,19,21). The van der Waals surface area contributed by atoms with E-state index in [1.165, 1.54) is 26.0 Å². The number of hydrogen-bond acceptors (Lipinski definition) is 4. The number of methoxy groups -OCH3 is 1. The van der Waals surface area contributed by atoms with Gasteiger partial charge in [-0.25, -0.2) is 4.79 Å². The van der Waals surface area contributed by atoms with E-state index in [0.29, 0.717) is 0 Å². The van der Waals surface area contributed by atoms with Crippen molar-refractivity contribution in [1.29, 1.82) is 0 Å². The lowest BCUT2D eigenvalue weighted by molar-refractivity contribution is -0.136. The summed E-state index contributed by atoms with van der Waals surface area (Å²) < 4.78 is 4.66. The summed E-state index contributed by atoms with van der Waals surface area (Å²) in [4.78, 5) is 35.8. The van der Waals surface area contributed by atoms with Crippen LogP contribution in [0.25, 0.3) is 0 Å². The van der Waals surface area contributed by atoms with Crippen LogP contribution in [-0.4, -0.2) is 30.9 Å². The number of rotatable bonds is 3. The van der Waals surface area contributed by atoms with E-state index in [-0.39, 0.29) is 17.3 Å². The van der Waals surface area contributed by atoms with Crippen LogP contribution in [-0.2, 0) is 14.3 Å². The van der Waals surface area contributed by atoms with E-state index in [4.69, 9.17) is 0 Å². The van der Waals surface area contributed by atoms with E-state index in [0.717, 1.165) is 25.7 Å². The summed E-state index contributed by atoms with van der Waals surface area (Å²) >= 11 is 0. The molecule has 6 nitrogen and oxygen atoms in total. The molecule has 0 unspecified atom stereocenters. The first kappa shape index (κ1) is 17.0. The fourth-order valence-corrected chi connectivity index (χ4v) is 2.73. The van der Waals surface area contributed by atoms with Crippen LogP contribution < -0.4 is 10.6 Å². The van der Waals surface area contributed by atoms with Crippen LogP contribution in [0.4, 0.5) is 5.69 Å².